The van der Waals surface area contributed by atoms with Crippen molar-refractivity contribution in [1.82, 2.24) is 9.96 Å². The number of amides is 3. The summed E-state index contributed by atoms with van der Waals surface area (Å²) in [5.41, 5.74) is 0.405. The Morgan fingerprint density at radius 1 is 1.08 bits per heavy atom. The number of benzene rings is 1. The van der Waals surface area contributed by atoms with Gasteiger partial charge in [0.15, 0.2) is 0 Å². The van der Waals surface area contributed by atoms with Gasteiger partial charge in [0.25, 0.3) is 11.8 Å². The van der Waals surface area contributed by atoms with E-state index in [9.17, 15) is 19.2 Å². The van der Waals surface area contributed by atoms with Gasteiger partial charge in [-0.05, 0) is 24.5 Å². The van der Waals surface area contributed by atoms with Crippen LogP contribution in [0.3, 0.4) is 0 Å². The quantitative estimate of drug-likeness (QED) is 0.779. The van der Waals surface area contributed by atoms with Gasteiger partial charge in [0.1, 0.15) is 6.04 Å². The second kappa shape index (κ2) is 6.07. The van der Waals surface area contributed by atoms with Gasteiger partial charge in [-0.1, -0.05) is 31.0 Å². The Kier molecular flexibility index (Phi) is 4.09. The Balaban J connectivity index is 1.80. The van der Waals surface area contributed by atoms with Crippen LogP contribution in [0, 0.1) is 5.92 Å². The molecule has 0 spiro atoms. The molecule has 1 atom stereocenters. The van der Waals surface area contributed by atoms with Gasteiger partial charge in [-0.3, -0.25) is 14.4 Å². The summed E-state index contributed by atoms with van der Waals surface area (Å²) < 4.78 is 0. The van der Waals surface area contributed by atoms with Crippen molar-refractivity contribution in [3.8, 4) is 0 Å². The molecular weight excluding hydrogens is 312 g/mol. The molecule has 2 heterocycles. The summed E-state index contributed by atoms with van der Waals surface area (Å²) in [5.74, 6) is -2.42. The van der Waals surface area contributed by atoms with E-state index in [1.807, 2.05) is 0 Å². The largest absolute Gasteiger partial charge is 0.355 e. The second-order valence-corrected chi connectivity index (χ2v) is 6.24. The molecular formula is C17H18N2O5. The van der Waals surface area contributed by atoms with Crippen molar-refractivity contribution in [3.63, 3.8) is 0 Å². The van der Waals surface area contributed by atoms with E-state index in [2.05, 4.69) is 0 Å². The highest BCUT2D eigenvalue weighted by Crippen LogP contribution is 2.25. The van der Waals surface area contributed by atoms with Gasteiger partial charge in [0.2, 0.25) is 5.91 Å². The first kappa shape index (κ1) is 16.2. The van der Waals surface area contributed by atoms with Crippen LogP contribution < -0.4 is 0 Å². The summed E-state index contributed by atoms with van der Waals surface area (Å²) >= 11 is 0. The number of carbonyl (C=O) groups excluding carboxylic acids is 4. The first-order chi connectivity index (χ1) is 11.4. The highest BCUT2D eigenvalue weighted by molar-refractivity contribution is 6.20. The molecule has 3 amide bonds. The van der Waals surface area contributed by atoms with Crippen LogP contribution in [0.15, 0.2) is 24.3 Å². The highest BCUT2D eigenvalue weighted by atomic mass is 16.7. The molecule has 2 aliphatic rings. The number of rotatable bonds is 4. The molecule has 2 aliphatic heterocycles. The molecule has 0 N–H and O–H groups in total. The van der Waals surface area contributed by atoms with Gasteiger partial charge >= 0.3 is 5.97 Å². The second-order valence-electron chi connectivity index (χ2n) is 6.24. The Hall–Kier alpha value is -2.70. The van der Waals surface area contributed by atoms with E-state index >= 15 is 0 Å². The van der Waals surface area contributed by atoms with Gasteiger partial charge in [0, 0.05) is 13.0 Å². The Morgan fingerprint density at radius 3 is 2.12 bits per heavy atom. The lowest BCUT2D eigenvalue weighted by molar-refractivity contribution is -0.178. The van der Waals surface area contributed by atoms with Crippen LogP contribution in [0.1, 0.15) is 47.4 Å². The van der Waals surface area contributed by atoms with Gasteiger partial charge in [-0.15, -0.1) is 0 Å². The zero-order chi connectivity index (χ0) is 17.4. The van der Waals surface area contributed by atoms with Crippen molar-refractivity contribution >= 4 is 23.7 Å². The third-order valence-corrected chi connectivity index (χ3v) is 4.26. The van der Waals surface area contributed by atoms with E-state index in [1.165, 1.54) is 17.0 Å². The van der Waals surface area contributed by atoms with Crippen LogP contribution in [-0.4, -0.2) is 46.2 Å². The van der Waals surface area contributed by atoms with Crippen LogP contribution in [0.25, 0.3) is 0 Å². The normalized spacial score (nSPS) is 18.4. The molecule has 1 aromatic carbocycles. The number of fused-ring (bicyclic) bond motifs is 1. The third kappa shape index (κ3) is 2.55. The van der Waals surface area contributed by atoms with E-state index in [1.54, 1.807) is 26.0 Å². The molecule has 1 unspecified atom stereocenters. The van der Waals surface area contributed by atoms with Crippen LogP contribution in [0.5, 0.6) is 0 Å². The number of likely N-dealkylation sites (tertiary alicyclic amines) is 1. The Labute approximate surface area is 139 Å². The number of carbonyl (C=O) groups is 4. The van der Waals surface area contributed by atoms with Crippen molar-refractivity contribution in [2.45, 2.75) is 32.7 Å². The topological polar surface area (TPSA) is 84.0 Å². The fourth-order valence-electron chi connectivity index (χ4n) is 3.12. The molecule has 24 heavy (non-hydrogen) atoms. The van der Waals surface area contributed by atoms with E-state index in [0.717, 1.165) is 0 Å². The standard InChI is InChI=1S/C17H18N2O5/c1-10(2)14(18-9-5-8-13(18)20)17(23)24-19-15(21)11-6-3-4-7-12(11)16(19)22/h3-4,6-7,10,14H,5,8-9H2,1-2H3. The molecule has 0 radical (unpaired) electrons. The van der Waals surface area contributed by atoms with E-state index in [4.69, 9.17) is 4.84 Å². The number of imide groups is 1. The van der Waals surface area contributed by atoms with Gasteiger partial charge in [-0.2, -0.15) is 0 Å². The van der Waals surface area contributed by atoms with E-state index < -0.39 is 23.8 Å². The molecule has 3 rings (SSSR count). The van der Waals surface area contributed by atoms with Crippen molar-refractivity contribution in [3.05, 3.63) is 35.4 Å². The minimum atomic E-state index is -0.815. The first-order valence-electron chi connectivity index (χ1n) is 7.91. The average Bonchev–Trinajstić information content (AvgIpc) is 3.05. The van der Waals surface area contributed by atoms with Crippen molar-refractivity contribution < 1.29 is 24.0 Å². The predicted molar refractivity (Wildman–Crippen MR) is 82.6 cm³/mol. The predicted octanol–water partition coefficient (Wildman–Crippen LogP) is 1.39. The number of hydrogen-bond acceptors (Lipinski definition) is 5. The SMILES string of the molecule is CC(C)C(C(=O)ON1C(=O)c2ccccc2C1=O)N1CCCC1=O. The monoisotopic (exact) mass is 330 g/mol. The van der Waals surface area contributed by atoms with Crippen LogP contribution in [0.2, 0.25) is 0 Å². The van der Waals surface area contributed by atoms with Crippen LogP contribution >= 0.6 is 0 Å². The molecule has 0 aromatic heterocycles. The van der Waals surface area contributed by atoms with Gasteiger partial charge in [-0.25, -0.2) is 4.79 Å². The van der Waals surface area contributed by atoms with Crippen molar-refractivity contribution in [2.24, 2.45) is 5.92 Å². The number of nitrogens with zero attached hydrogens (tertiary/aromatic N) is 2. The molecule has 1 fully saturated rings. The van der Waals surface area contributed by atoms with Gasteiger partial charge in [0.05, 0.1) is 11.1 Å². The minimum absolute atomic E-state index is 0.118. The van der Waals surface area contributed by atoms with Gasteiger partial charge < -0.3 is 9.74 Å². The lowest BCUT2D eigenvalue weighted by atomic mass is 10.0. The summed E-state index contributed by atoms with van der Waals surface area (Å²) in [6, 6.07) is 5.47. The maximum absolute atomic E-state index is 12.6. The summed E-state index contributed by atoms with van der Waals surface area (Å²) in [5, 5.41) is 0.489. The summed E-state index contributed by atoms with van der Waals surface area (Å²) in [4.78, 5) is 55.6. The summed E-state index contributed by atoms with van der Waals surface area (Å²) in [6.07, 6.45) is 1.08. The molecule has 0 saturated carbocycles. The minimum Gasteiger partial charge on any atom is -0.328 e. The molecule has 7 heteroatoms. The Morgan fingerprint density at radius 2 is 1.67 bits per heavy atom. The lowest BCUT2D eigenvalue weighted by Crippen LogP contribution is -2.48. The van der Waals surface area contributed by atoms with E-state index in [0.29, 0.717) is 24.4 Å². The van der Waals surface area contributed by atoms with Crippen molar-refractivity contribution in [1.29, 1.82) is 0 Å². The molecule has 1 aromatic rings. The zero-order valence-corrected chi connectivity index (χ0v) is 13.5. The molecule has 0 bridgehead atoms. The molecule has 0 aliphatic carbocycles. The Bertz CT molecular complexity index is 692. The maximum Gasteiger partial charge on any atom is 0.355 e. The van der Waals surface area contributed by atoms with Crippen LogP contribution in [-0.2, 0) is 14.4 Å². The molecule has 1 saturated heterocycles. The number of hydroxylamine groups is 2. The lowest BCUT2D eigenvalue weighted by Gasteiger charge is -2.29. The summed E-state index contributed by atoms with van der Waals surface area (Å²) in [6.45, 7) is 4.05. The highest BCUT2D eigenvalue weighted by Gasteiger charge is 2.42. The fraction of sp³-hybridized carbons (Fsp3) is 0.412. The summed E-state index contributed by atoms with van der Waals surface area (Å²) in [7, 11) is 0. The average molecular weight is 330 g/mol. The molecule has 7 nitrogen and oxygen atoms in total. The first-order valence-corrected chi connectivity index (χ1v) is 7.91. The number of hydrogen-bond donors (Lipinski definition) is 0. The fourth-order valence-corrected chi connectivity index (χ4v) is 3.12. The molecule has 126 valence electrons. The maximum atomic E-state index is 12.6. The van der Waals surface area contributed by atoms with Crippen molar-refractivity contribution in [2.75, 3.05) is 6.54 Å². The smallest absolute Gasteiger partial charge is 0.328 e. The van der Waals surface area contributed by atoms with E-state index in [-0.39, 0.29) is 23.0 Å². The van der Waals surface area contributed by atoms with Crippen LogP contribution in [0.4, 0.5) is 0 Å². The third-order valence-electron chi connectivity index (χ3n) is 4.26. The zero-order valence-electron chi connectivity index (χ0n) is 13.5.